The highest BCUT2D eigenvalue weighted by atomic mass is 32.2. The fraction of sp³-hybridized carbons (Fsp3) is 0.536. The summed E-state index contributed by atoms with van der Waals surface area (Å²) in [5, 5.41) is 6.19. The van der Waals surface area contributed by atoms with E-state index in [1.165, 1.54) is 23.8 Å². The van der Waals surface area contributed by atoms with Gasteiger partial charge in [-0.05, 0) is 75.1 Å². The van der Waals surface area contributed by atoms with Crippen LogP contribution < -0.4 is 20.1 Å². The number of carbonyl (C=O) groups excluding carboxylic acids is 1. The average molecular weight is 562 g/mol. The van der Waals surface area contributed by atoms with E-state index in [9.17, 15) is 22.0 Å². The van der Waals surface area contributed by atoms with Crippen molar-refractivity contribution in [3.63, 3.8) is 0 Å². The molecule has 2 N–H and O–H groups in total. The molecule has 1 aliphatic carbocycles. The van der Waals surface area contributed by atoms with Gasteiger partial charge in [-0.3, -0.25) is 4.79 Å². The van der Waals surface area contributed by atoms with Crippen LogP contribution in [0.3, 0.4) is 0 Å². The minimum atomic E-state index is -3.74. The summed E-state index contributed by atoms with van der Waals surface area (Å²) < 4.78 is 64.7. The summed E-state index contributed by atoms with van der Waals surface area (Å²) >= 11 is 0. The average Bonchev–Trinajstić information content (AvgIpc) is 3.39. The lowest BCUT2D eigenvalue weighted by molar-refractivity contribution is -0.286. The minimum Gasteiger partial charge on any atom is -0.395 e. The van der Waals surface area contributed by atoms with Crippen molar-refractivity contribution in [3.8, 4) is 11.5 Å². The number of alkyl halides is 2. The summed E-state index contributed by atoms with van der Waals surface area (Å²) in [6.07, 6.45) is 1.86. The van der Waals surface area contributed by atoms with Gasteiger partial charge in [-0.2, -0.15) is 4.31 Å². The third kappa shape index (κ3) is 5.49. The van der Waals surface area contributed by atoms with Crippen LogP contribution in [0, 0.1) is 0 Å². The van der Waals surface area contributed by atoms with Gasteiger partial charge in [-0.15, -0.1) is 8.78 Å². The second-order valence-corrected chi connectivity index (χ2v) is 13.2. The number of ether oxygens (including phenoxy) is 2. The van der Waals surface area contributed by atoms with E-state index < -0.39 is 22.2 Å². The summed E-state index contributed by atoms with van der Waals surface area (Å²) in [6.45, 7) is 0.783. The highest BCUT2D eigenvalue weighted by Gasteiger charge is 2.50. The number of benzene rings is 2. The summed E-state index contributed by atoms with van der Waals surface area (Å²) in [5.74, 6) is -0.702. The van der Waals surface area contributed by atoms with Crippen molar-refractivity contribution in [2.75, 3.05) is 0 Å². The highest BCUT2D eigenvalue weighted by Crippen LogP contribution is 2.42. The molecule has 8 nitrogen and oxygen atoms in total. The van der Waals surface area contributed by atoms with Crippen molar-refractivity contribution in [3.05, 3.63) is 59.7 Å². The Morgan fingerprint density at radius 2 is 1.56 bits per heavy atom. The Kier molecular flexibility index (Phi) is 7.01. The van der Waals surface area contributed by atoms with Crippen LogP contribution >= 0.6 is 0 Å². The zero-order chi connectivity index (χ0) is 27.2. The van der Waals surface area contributed by atoms with Crippen LogP contribution in [0.15, 0.2) is 48.5 Å². The van der Waals surface area contributed by atoms with Gasteiger partial charge >= 0.3 is 6.29 Å². The van der Waals surface area contributed by atoms with Crippen LogP contribution in [-0.4, -0.2) is 54.3 Å². The molecular weight excluding hydrogens is 528 g/mol. The van der Waals surface area contributed by atoms with E-state index in [-0.39, 0.29) is 40.4 Å². The fourth-order valence-corrected chi connectivity index (χ4v) is 9.05. The molecule has 3 heterocycles. The second-order valence-electron chi connectivity index (χ2n) is 11.1. The van der Waals surface area contributed by atoms with Gasteiger partial charge in [-0.25, -0.2) is 8.42 Å². The molecule has 4 aliphatic rings. The van der Waals surface area contributed by atoms with Gasteiger partial charge in [0.1, 0.15) is 0 Å². The maximum absolute atomic E-state index is 13.7. The van der Waals surface area contributed by atoms with Gasteiger partial charge in [0, 0.05) is 36.3 Å². The molecule has 3 aliphatic heterocycles. The minimum absolute atomic E-state index is 0.117. The van der Waals surface area contributed by atoms with Crippen LogP contribution in [0.2, 0.25) is 0 Å². The van der Waals surface area contributed by atoms with E-state index in [4.69, 9.17) is 0 Å². The predicted molar refractivity (Wildman–Crippen MR) is 140 cm³/mol. The molecule has 2 atom stereocenters. The number of carbonyl (C=O) groups is 1. The van der Waals surface area contributed by atoms with Gasteiger partial charge in [0.05, 0.1) is 5.25 Å². The Hall–Kier alpha value is -2.76. The zero-order valence-corrected chi connectivity index (χ0v) is 22.3. The van der Waals surface area contributed by atoms with Crippen LogP contribution in [0.1, 0.15) is 67.3 Å². The number of piperidine rings is 1. The van der Waals surface area contributed by atoms with Crippen molar-refractivity contribution in [2.24, 2.45) is 0 Å². The van der Waals surface area contributed by atoms with Crippen LogP contribution in [0.25, 0.3) is 0 Å². The number of amides is 1. The molecule has 0 radical (unpaired) electrons. The van der Waals surface area contributed by atoms with Crippen molar-refractivity contribution in [2.45, 2.75) is 93.6 Å². The normalized spacial score (nSPS) is 29.7. The third-order valence-electron chi connectivity index (χ3n) is 8.49. The Morgan fingerprint density at radius 1 is 0.897 bits per heavy atom. The van der Waals surface area contributed by atoms with E-state index >= 15 is 0 Å². The number of nitrogens with zero attached hydrogens (tertiary/aromatic N) is 1. The first-order valence-electron chi connectivity index (χ1n) is 13.7. The largest absolute Gasteiger partial charge is 0.586 e. The highest BCUT2D eigenvalue weighted by molar-refractivity contribution is 7.89. The lowest BCUT2D eigenvalue weighted by atomic mass is 9.95. The van der Waals surface area contributed by atoms with E-state index in [0.29, 0.717) is 31.7 Å². The summed E-state index contributed by atoms with van der Waals surface area (Å²) in [7, 11) is -3.44. The van der Waals surface area contributed by atoms with E-state index in [1.54, 1.807) is 4.31 Å². The molecule has 0 spiro atoms. The molecule has 3 fully saturated rings. The molecule has 2 aromatic carbocycles. The van der Waals surface area contributed by atoms with Crippen molar-refractivity contribution in [1.82, 2.24) is 14.9 Å². The fourth-order valence-electron chi connectivity index (χ4n) is 6.62. The van der Waals surface area contributed by atoms with Gasteiger partial charge in [0.25, 0.3) is 5.91 Å². The molecule has 6 rings (SSSR count). The van der Waals surface area contributed by atoms with Gasteiger partial charge in [-0.1, -0.05) is 30.3 Å². The zero-order valence-electron chi connectivity index (χ0n) is 21.5. The van der Waals surface area contributed by atoms with Gasteiger partial charge in [0.2, 0.25) is 10.0 Å². The summed E-state index contributed by atoms with van der Waals surface area (Å²) in [6, 6.07) is 14.0. The Morgan fingerprint density at radius 3 is 2.26 bits per heavy atom. The molecule has 2 saturated heterocycles. The standard InChI is InChI=1S/C28H33F2N3O5S/c29-28(30)37-25-13-6-19(14-26(25)38-28)27(34)32-21-15-22-9-10-23(16-21)33(22)39(35,36)24-11-7-20(8-12-24)31-17-18-4-2-1-3-5-18/h1-6,13-14,20-24,31H,7-12,15-17H2,(H,32,34). The smallest absolute Gasteiger partial charge is 0.395 e. The molecule has 0 aromatic heterocycles. The molecule has 11 heteroatoms. The van der Waals surface area contributed by atoms with E-state index in [0.717, 1.165) is 32.2 Å². The first kappa shape index (κ1) is 26.5. The number of hydrogen-bond donors (Lipinski definition) is 2. The van der Waals surface area contributed by atoms with Crippen molar-refractivity contribution in [1.29, 1.82) is 0 Å². The molecule has 2 aromatic rings. The lowest BCUT2D eigenvalue weighted by Crippen LogP contribution is -2.55. The molecule has 2 unspecified atom stereocenters. The first-order chi connectivity index (χ1) is 18.7. The second kappa shape index (κ2) is 10.3. The quantitative estimate of drug-likeness (QED) is 0.527. The first-order valence-corrected chi connectivity index (χ1v) is 15.2. The van der Waals surface area contributed by atoms with Crippen LogP contribution in [-0.2, 0) is 16.6 Å². The third-order valence-corrected chi connectivity index (χ3v) is 11.0. The maximum atomic E-state index is 13.7. The maximum Gasteiger partial charge on any atom is 0.586 e. The van der Waals surface area contributed by atoms with Crippen molar-refractivity contribution >= 4 is 15.9 Å². The van der Waals surface area contributed by atoms with Gasteiger partial charge in [0.15, 0.2) is 11.5 Å². The van der Waals surface area contributed by atoms with E-state index in [2.05, 4.69) is 32.2 Å². The number of fused-ring (bicyclic) bond motifs is 3. The number of sulfonamides is 1. The topological polar surface area (TPSA) is 97.0 Å². The Bertz CT molecular complexity index is 1300. The Balaban J connectivity index is 1.03. The van der Waals surface area contributed by atoms with Gasteiger partial charge < -0.3 is 20.1 Å². The number of hydrogen-bond acceptors (Lipinski definition) is 6. The molecule has 1 amide bonds. The lowest BCUT2D eigenvalue weighted by Gasteiger charge is -2.41. The van der Waals surface area contributed by atoms with Crippen LogP contribution in [0.4, 0.5) is 8.78 Å². The summed E-state index contributed by atoms with van der Waals surface area (Å²) in [5.41, 5.74) is 1.41. The molecule has 1 saturated carbocycles. The molecular formula is C28H33F2N3O5S. The molecule has 2 bridgehead atoms. The monoisotopic (exact) mass is 561 g/mol. The van der Waals surface area contributed by atoms with Crippen LogP contribution in [0.5, 0.6) is 11.5 Å². The summed E-state index contributed by atoms with van der Waals surface area (Å²) in [4.78, 5) is 12.9. The Labute approximate surface area is 227 Å². The number of rotatable bonds is 7. The molecule has 210 valence electrons. The SMILES string of the molecule is O=C(NC1CC2CCC(C1)N2S(=O)(=O)C1CCC(NCc2ccccc2)CC1)c1ccc2c(c1)OC(F)(F)O2. The predicted octanol–water partition coefficient (Wildman–Crippen LogP) is 4.16. The molecule has 39 heavy (non-hydrogen) atoms. The number of nitrogens with one attached hydrogen (secondary N) is 2. The van der Waals surface area contributed by atoms with E-state index in [1.807, 2.05) is 18.2 Å². The van der Waals surface area contributed by atoms with Crippen molar-refractivity contribution < 1.29 is 31.5 Å². The number of halogens is 2.